The number of rotatable bonds is 7. The Labute approximate surface area is 168 Å². The van der Waals surface area contributed by atoms with Crippen molar-refractivity contribution in [1.29, 1.82) is 0 Å². The Bertz CT molecular complexity index is 1020. The van der Waals surface area contributed by atoms with E-state index in [4.69, 9.17) is 16.3 Å². The number of thioether (sulfide) groups is 1. The molecule has 0 bridgehead atoms. The van der Waals surface area contributed by atoms with Crippen molar-refractivity contribution >= 4 is 35.3 Å². The first-order chi connectivity index (χ1) is 13.5. The van der Waals surface area contributed by atoms with Gasteiger partial charge in [0.25, 0.3) is 5.69 Å². The number of non-ortho nitro benzene ring substituents is 1. The maximum atomic E-state index is 11.0. The second-order valence-electron chi connectivity index (χ2n) is 5.46. The summed E-state index contributed by atoms with van der Waals surface area (Å²) in [5.41, 5.74) is 0.958. The molecule has 0 unspecified atom stereocenters. The molecule has 144 valence electrons. The highest BCUT2D eigenvalue weighted by molar-refractivity contribution is 7.98. The fourth-order valence-electron chi connectivity index (χ4n) is 2.22. The number of methoxy groups -OCH3 is 1. The summed E-state index contributed by atoms with van der Waals surface area (Å²) in [4.78, 5) is 10.5. The fourth-order valence-corrected chi connectivity index (χ4v) is 3.17. The number of phenols is 1. The minimum atomic E-state index is -0.578. The predicted octanol–water partition coefficient (Wildman–Crippen LogP) is 3.73. The molecule has 3 rings (SSSR count). The van der Waals surface area contributed by atoms with Crippen molar-refractivity contribution < 1.29 is 14.8 Å². The number of aromatic hydroxyl groups is 1. The normalized spacial score (nSPS) is 11.1. The van der Waals surface area contributed by atoms with Crippen molar-refractivity contribution in [2.45, 2.75) is 10.9 Å². The highest BCUT2D eigenvalue weighted by Crippen LogP contribution is 2.33. The third kappa shape index (κ3) is 4.59. The minimum absolute atomic E-state index is 0.0169. The van der Waals surface area contributed by atoms with Crippen LogP contribution in [0.4, 0.5) is 5.69 Å². The quantitative estimate of drug-likeness (QED) is 0.268. The van der Waals surface area contributed by atoms with Gasteiger partial charge in [-0.3, -0.25) is 10.1 Å². The van der Waals surface area contributed by atoms with Gasteiger partial charge in [0.1, 0.15) is 6.33 Å². The van der Waals surface area contributed by atoms with Crippen LogP contribution in [-0.2, 0) is 5.75 Å². The van der Waals surface area contributed by atoms with Crippen molar-refractivity contribution in [3.05, 3.63) is 69.0 Å². The van der Waals surface area contributed by atoms with Crippen LogP contribution in [0.5, 0.6) is 11.5 Å². The summed E-state index contributed by atoms with van der Waals surface area (Å²) < 4.78 is 6.38. The van der Waals surface area contributed by atoms with Gasteiger partial charge >= 0.3 is 0 Å². The summed E-state index contributed by atoms with van der Waals surface area (Å²) in [6.07, 6.45) is 2.67. The standard InChI is InChI=1S/C17H14ClN5O4S/c1-27-15-7-14(23(25)26)6-12(16(15)24)8-20-22-10-19-21-17(22)28-9-11-2-4-13(18)5-3-11/h2-8,10,24H,9H2,1H3/b20-8+. The molecule has 28 heavy (non-hydrogen) atoms. The summed E-state index contributed by atoms with van der Waals surface area (Å²) in [6, 6.07) is 9.77. The molecule has 0 fully saturated rings. The number of ether oxygens (including phenoxy) is 1. The molecule has 0 saturated heterocycles. The Morgan fingerprint density at radius 3 is 2.82 bits per heavy atom. The van der Waals surface area contributed by atoms with Crippen LogP contribution in [0.25, 0.3) is 0 Å². The Hall–Kier alpha value is -3.11. The van der Waals surface area contributed by atoms with Crippen LogP contribution in [0, 0.1) is 10.1 Å². The molecule has 0 atom stereocenters. The lowest BCUT2D eigenvalue weighted by Crippen LogP contribution is -1.96. The molecule has 3 aromatic rings. The van der Waals surface area contributed by atoms with E-state index in [2.05, 4.69) is 15.3 Å². The van der Waals surface area contributed by atoms with Gasteiger partial charge < -0.3 is 9.84 Å². The summed E-state index contributed by atoms with van der Waals surface area (Å²) in [5.74, 6) is 0.360. The van der Waals surface area contributed by atoms with Gasteiger partial charge in [-0.1, -0.05) is 35.5 Å². The smallest absolute Gasteiger partial charge is 0.274 e. The molecule has 11 heteroatoms. The summed E-state index contributed by atoms with van der Waals surface area (Å²) in [6.45, 7) is 0. The van der Waals surface area contributed by atoms with E-state index in [-0.39, 0.29) is 22.7 Å². The summed E-state index contributed by atoms with van der Waals surface area (Å²) in [5, 5.41) is 34.4. The highest BCUT2D eigenvalue weighted by atomic mass is 35.5. The lowest BCUT2D eigenvalue weighted by atomic mass is 10.2. The minimum Gasteiger partial charge on any atom is -0.504 e. The largest absolute Gasteiger partial charge is 0.504 e. The first kappa shape index (κ1) is 19.6. The van der Waals surface area contributed by atoms with Gasteiger partial charge in [-0.05, 0) is 17.7 Å². The van der Waals surface area contributed by atoms with Gasteiger partial charge in [0.05, 0.1) is 24.3 Å². The first-order valence-corrected chi connectivity index (χ1v) is 9.21. The molecule has 0 radical (unpaired) electrons. The third-order valence-electron chi connectivity index (χ3n) is 3.62. The molecule has 1 aromatic heterocycles. The molecular formula is C17H14ClN5O4S. The Kier molecular flexibility index (Phi) is 6.12. The molecule has 0 spiro atoms. The molecule has 0 amide bonds. The Morgan fingerprint density at radius 1 is 1.39 bits per heavy atom. The predicted molar refractivity (Wildman–Crippen MR) is 105 cm³/mol. The van der Waals surface area contributed by atoms with Gasteiger partial charge in [-0.15, -0.1) is 10.2 Å². The van der Waals surface area contributed by atoms with Gasteiger partial charge in [-0.25, -0.2) is 0 Å². The number of phenolic OH excluding ortho intramolecular Hbond substituents is 1. The Balaban J connectivity index is 1.80. The van der Waals surface area contributed by atoms with Gasteiger partial charge in [0.2, 0.25) is 5.16 Å². The zero-order valence-corrected chi connectivity index (χ0v) is 16.1. The molecular weight excluding hydrogens is 406 g/mol. The molecule has 0 aliphatic carbocycles. The van der Waals surface area contributed by atoms with Crippen molar-refractivity contribution in [2.24, 2.45) is 5.10 Å². The van der Waals surface area contributed by atoms with Crippen molar-refractivity contribution in [3.8, 4) is 11.5 Å². The number of hydrogen-bond donors (Lipinski definition) is 1. The number of benzene rings is 2. The van der Waals surface area contributed by atoms with Gasteiger partial charge in [0, 0.05) is 22.4 Å². The van der Waals surface area contributed by atoms with E-state index in [0.29, 0.717) is 15.9 Å². The first-order valence-electron chi connectivity index (χ1n) is 7.85. The number of nitro groups is 1. The second-order valence-corrected chi connectivity index (χ2v) is 6.84. The van der Waals surface area contributed by atoms with Crippen LogP contribution in [0.15, 0.2) is 53.0 Å². The number of halogens is 1. The van der Waals surface area contributed by atoms with E-state index < -0.39 is 4.92 Å². The molecule has 0 saturated carbocycles. The zero-order chi connectivity index (χ0) is 20.1. The molecule has 9 nitrogen and oxygen atoms in total. The molecule has 1 N–H and O–H groups in total. The average molecular weight is 420 g/mol. The van der Waals surface area contributed by atoms with Crippen LogP contribution < -0.4 is 4.74 Å². The van der Waals surface area contributed by atoms with Crippen LogP contribution in [-0.4, -0.2) is 38.2 Å². The highest BCUT2D eigenvalue weighted by Gasteiger charge is 2.16. The van der Waals surface area contributed by atoms with Crippen molar-refractivity contribution in [1.82, 2.24) is 14.9 Å². The SMILES string of the molecule is COc1cc([N+](=O)[O-])cc(/C=N/n2cnnc2SCc2ccc(Cl)cc2)c1O. The zero-order valence-electron chi connectivity index (χ0n) is 14.5. The molecule has 1 heterocycles. The van der Waals surface area contributed by atoms with E-state index in [1.54, 1.807) is 12.1 Å². The van der Waals surface area contributed by atoms with Crippen LogP contribution in [0.1, 0.15) is 11.1 Å². The number of nitrogens with zero attached hydrogens (tertiary/aromatic N) is 5. The summed E-state index contributed by atoms with van der Waals surface area (Å²) in [7, 11) is 1.31. The lowest BCUT2D eigenvalue weighted by molar-refractivity contribution is -0.385. The van der Waals surface area contributed by atoms with E-state index in [1.165, 1.54) is 42.2 Å². The van der Waals surface area contributed by atoms with Crippen molar-refractivity contribution in [2.75, 3.05) is 7.11 Å². The second kappa shape index (κ2) is 8.72. The summed E-state index contributed by atoms with van der Waals surface area (Å²) >= 11 is 7.28. The van der Waals surface area contributed by atoms with E-state index in [9.17, 15) is 15.2 Å². The number of hydrogen-bond acceptors (Lipinski definition) is 8. The number of aromatic nitrogens is 3. The van der Waals surface area contributed by atoms with E-state index in [0.717, 1.165) is 11.6 Å². The van der Waals surface area contributed by atoms with E-state index in [1.807, 2.05) is 12.1 Å². The monoisotopic (exact) mass is 419 g/mol. The molecule has 2 aromatic carbocycles. The Morgan fingerprint density at radius 2 is 2.14 bits per heavy atom. The van der Waals surface area contributed by atoms with E-state index >= 15 is 0 Å². The van der Waals surface area contributed by atoms with Gasteiger partial charge in [-0.2, -0.15) is 9.78 Å². The molecule has 0 aliphatic rings. The topological polar surface area (TPSA) is 116 Å². The maximum Gasteiger partial charge on any atom is 0.274 e. The fraction of sp³-hybridized carbons (Fsp3) is 0.118. The number of nitro benzene ring substituents is 1. The average Bonchev–Trinajstić information content (AvgIpc) is 3.14. The maximum absolute atomic E-state index is 11.0. The lowest BCUT2D eigenvalue weighted by Gasteiger charge is -2.06. The third-order valence-corrected chi connectivity index (χ3v) is 4.88. The van der Waals surface area contributed by atoms with Crippen LogP contribution >= 0.6 is 23.4 Å². The van der Waals surface area contributed by atoms with Crippen molar-refractivity contribution in [3.63, 3.8) is 0 Å². The van der Waals surface area contributed by atoms with Crippen LogP contribution in [0.2, 0.25) is 5.02 Å². The van der Waals surface area contributed by atoms with Crippen LogP contribution in [0.3, 0.4) is 0 Å². The van der Waals surface area contributed by atoms with Gasteiger partial charge in [0.15, 0.2) is 11.5 Å². The molecule has 0 aliphatic heterocycles.